The normalized spacial score (nSPS) is 16.9. The largest absolute Gasteiger partial charge is 0.493 e. The molecule has 0 spiro atoms. The monoisotopic (exact) mass is 478 g/mol. The van der Waals surface area contributed by atoms with Crippen molar-refractivity contribution in [1.29, 1.82) is 0 Å². The first-order valence-corrected chi connectivity index (χ1v) is 11.6. The second-order valence-electron chi connectivity index (χ2n) is 7.30. The van der Waals surface area contributed by atoms with E-state index in [2.05, 4.69) is 0 Å². The summed E-state index contributed by atoms with van der Waals surface area (Å²) in [5, 5.41) is 9.71. The molecule has 0 radical (unpaired) electrons. The third-order valence-electron chi connectivity index (χ3n) is 5.27. The minimum absolute atomic E-state index is 0.0455. The molecule has 10 nitrogen and oxygen atoms in total. The van der Waals surface area contributed by atoms with E-state index in [9.17, 15) is 23.1 Å². The molecule has 33 heavy (non-hydrogen) atoms. The van der Waals surface area contributed by atoms with Crippen LogP contribution in [0, 0.1) is 0 Å². The SMILES string of the molecule is COc1ccc(S(=O)(=O)N2CCN(C(=O)COCc3ccccc3)CC2C(=O)O)cc1OC. The van der Waals surface area contributed by atoms with E-state index in [-0.39, 0.29) is 43.5 Å². The highest BCUT2D eigenvalue weighted by Crippen LogP contribution is 2.31. The molecule has 1 saturated heterocycles. The number of piperazine rings is 1. The number of hydrogen-bond acceptors (Lipinski definition) is 7. The summed E-state index contributed by atoms with van der Waals surface area (Å²) in [6.45, 7) is -0.399. The van der Waals surface area contributed by atoms with E-state index >= 15 is 0 Å². The van der Waals surface area contributed by atoms with E-state index in [1.807, 2.05) is 30.3 Å². The van der Waals surface area contributed by atoms with Gasteiger partial charge in [-0.2, -0.15) is 4.31 Å². The van der Waals surface area contributed by atoms with Crippen LogP contribution in [0.3, 0.4) is 0 Å². The summed E-state index contributed by atoms with van der Waals surface area (Å²) in [5.41, 5.74) is 0.902. The number of methoxy groups -OCH3 is 2. The highest BCUT2D eigenvalue weighted by Gasteiger charge is 2.41. The molecule has 0 aromatic heterocycles. The maximum Gasteiger partial charge on any atom is 0.323 e. The summed E-state index contributed by atoms with van der Waals surface area (Å²) >= 11 is 0. The molecule has 0 bridgehead atoms. The molecule has 178 valence electrons. The fraction of sp³-hybridized carbons (Fsp3) is 0.364. The molecule has 1 heterocycles. The lowest BCUT2D eigenvalue weighted by Gasteiger charge is -2.38. The molecule has 2 aromatic rings. The van der Waals surface area contributed by atoms with Crippen molar-refractivity contribution < 1.29 is 37.3 Å². The zero-order valence-electron chi connectivity index (χ0n) is 18.3. The molecule has 1 fully saturated rings. The Bertz CT molecular complexity index is 1090. The third kappa shape index (κ3) is 5.62. The van der Waals surface area contributed by atoms with Gasteiger partial charge in [0.05, 0.1) is 25.7 Å². The Morgan fingerprint density at radius 3 is 2.36 bits per heavy atom. The van der Waals surface area contributed by atoms with Gasteiger partial charge in [-0.3, -0.25) is 9.59 Å². The zero-order chi connectivity index (χ0) is 24.0. The summed E-state index contributed by atoms with van der Waals surface area (Å²) < 4.78 is 43.1. The highest BCUT2D eigenvalue weighted by molar-refractivity contribution is 7.89. The van der Waals surface area contributed by atoms with E-state index in [0.717, 1.165) is 9.87 Å². The maximum atomic E-state index is 13.2. The Morgan fingerprint density at radius 1 is 1.03 bits per heavy atom. The average Bonchev–Trinajstić information content (AvgIpc) is 2.83. The standard InChI is InChI=1S/C22H26N2O8S/c1-30-19-9-8-17(12-20(19)31-2)33(28,29)24-11-10-23(13-18(24)22(26)27)21(25)15-32-14-16-6-4-3-5-7-16/h3-9,12,18H,10-11,13-15H2,1-2H3,(H,26,27). The first kappa shape index (κ1) is 24.5. The first-order chi connectivity index (χ1) is 15.8. The lowest BCUT2D eigenvalue weighted by atomic mass is 10.2. The molecule has 1 N–H and O–H groups in total. The van der Waals surface area contributed by atoms with Crippen LogP contribution in [-0.2, 0) is 31.0 Å². The lowest BCUT2D eigenvalue weighted by Crippen LogP contribution is -2.59. The molecule has 1 aliphatic heterocycles. The van der Waals surface area contributed by atoms with Crippen LogP contribution in [0.15, 0.2) is 53.4 Å². The highest BCUT2D eigenvalue weighted by atomic mass is 32.2. The van der Waals surface area contributed by atoms with Crippen LogP contribution >= 0.6 is 0 Å². The van der Waals surface area contributed by atoms with Crippen molar-refractivity contribution in [3.05, 3.63) is 54.1 Å². The molecule has 0 aliphatic carbocycles. The molecule has 1 unspecified atom stereocenters. The van der Waals surface area contributed by atoms with Gasteiger partial charge in [-0.05, 0) is 17.7 Å². The van der Waals surface area contributed by atoms with E-state index in [1.165, 1.54) is 37.3 Å². The van der Waals surface area contributed by atoms with Gasteiger partial charge in [0.15, 0.2) is 11.5 Å². The number of carboxylic acid groups (broad SMARTS) is 1. The summed E-state index contributed by atoms with van der Waals surface area (Å²) in [4.78, 5) is 25.6. The van der Waals surface area contributed by atoms with Gasteiger partial charge in [0, 0.05) is 25.7 Å². The van der Waals surface area contributed by atoms with Crippen molar-refractivity contribution in [2.45, 2.75) is 17.5 Å². The number of aliphatic carboxylic acids is 1. The predicted molar refractivity (Wildman–Crippen MR) is 118 cm³/mol. The Labute approximate surface area is 192 Å². The van der Waals surface area contributed by atoms with Crippen molar-refractivity contribution in [2.75, 3.05) is 40.5 Å². The Hall–Kier alpha value is -3.15. The van der Waals surface area contributed by atoms with Crippen LogP contribution in [0.1, 0.15) is 5.56 Å². The van der Waals surface area contributed by atoms with Gasteiger partial charge in [0.2, 0.25) is 15.9 Å². The minimum atomic E-state index is -4.17. The number of benzene rings is 2. The molecule has 1 amide bonds. The summed E-state index contributed by atoms with van der Waals surface area (Å²) in [6.07, 6.45) is 0. The maximum absolute atomic E-state index is 13.2. The molecular formula is C22H26N2O8S. The molecule has 2 aromatic carbocycles. The fourth-order valence-corrected chi connectivity index (χ4v) is 5.10. The molecule has 3 rings (SSSR count). The van der Waals surface area contributed by atoms with Gasteiger partial charge in [-0.1, -0.05) is 30.3 Å². The minimum Gasteiger partial charge on any atom is -0.493 e. The van der Waals surface area contributed by atoms with Gasteiger partial charge in [0.1, 0.15) is 12.6 Å². The quantitative estimate of drug-likeness (QED) is 0.571. The third-order valence-corrected chi connectivity index (χ3v) is 7.17. The average molecular weight is 479 g/mol. The lowest BCUT2D eigenvalue weighted by molar-refractivity contribution is -0.147. The van der Waals surface area contributed by atoms with E-state index < -0.39 is 27.9 Å². The van der Waals surface area contributed by atoms with E-state index in [0.29, 0.717) is 5.75 Å². The van der Waals surface area contributed by atoms with E-state index in [4.69, 9.17) is 14.2 Å². The van der Waals surface area contributed by atoms with E-state index in [1.54, 1.807) is 0 Å². The van der Waals surface area contributed by atoms with Crippen LogP contribution in [0.25, 0.3) is 0 Å². The molecule has 0 saturated carbocycles. The first-order valence-electron chi connectivity index (χ1n) is 10.1. The number of carboxylic acids is 1. The predicted octanol–water partition coefficient (Wildman–Crippen LogP) is 1.21. The van der Waals surface area contributed by atoms with Crippen molar-refractivity contribution in [3.63, 3.8) is 0 Å². The van der Waals surface area contributed by atoms with Gasteiger partial charge in [0.25, 0.3) is 0 Å². The fourth-order valence-electron chi connectivity index (χ4n) is 3.52. The number of rotatable bonds is 9. The van der Waals surface area contributed by atoms with Crippen molar-refractivity contribution >= 4 is 21.9 Å². The second kappa shape index (κ2) is 10.6. The molecule has 1 aliphatic rings. The van der Waals surface area contributed by atoms with Gasteiger partial charge in [-0.15, -0.1) is 0 Å². The summed E-state index contributed by atoms with van der Waals surface area (Å²) in [6, 6.07) is 11.9. The number of ether oxygens (including phenoxy) is 3. The van der Waals surface area contributed by atoms with Crippen molar-refractivity contribution in [3.8, 4) is 11.5 Å². The van der Waals surface area contributed by atoms with Crippen LogP contribution in [0.5, 0.6) is 11.5 Å². The summed E-state index contributed by atoms with van der Waals surface area (Å²) in [7, 11) is -1.37. The number of nitrogens with zero attached hydrogens (tertiary/aromatic N) is 2. The van der Waals surface area contributed by atoms with Gasteiger partial charge >= 0.3 is 5.97 Å². The number of amides is 1. The summed E-state index contributed by atoms with van der Waals surface area (Å²) in [5.74, 6) is -1.20. The topological polar surface area (TPSA) is 123 Å². The van der Waals surface area contributed by atoms with Crippen LogP contribution in [-0.4, -0.2) is 81.1 Å². The molecule has 1 atom stereocenters. The Balaban J connectivity index is 1.70. The van der Waals surface area contributed by atoms with Crippen LogP contribution in [0.2, 0.25) is 0 Å². The van der Waals surface area contributed by atoms with Crippen LogP contribution < -0.4 is 9.47 Å². The van der Waals surface area contributed by atoms with Gasteiger partial charge < -0.3 is 24.2 Å². The van der Waals surface area contributed by atoms with Crippen molar-refractivity contribution in [2.24, 2.45) is 0 Å². The number of carbonyl (C=O) groups is 2. The Kier molecular flexibility index (Phi) is 7.90. The smallest absolute Gasteiger partial charge is 0.323 e. The number of hydrogen-bond donors (Lipinski definition) is 1. The zero-order valence-corrected chi connectivity index (χ0v) is 19.2. The molecular weight excluding hydrogens is 452 g/mol. The Morgan fingerprint density at radius 2 is 1.73 bits per heavy atom. The number of carbonyl (C=O) groups excluding carboxylic acids is 1. The van der Waals surface area contributed by atoms with Crippen molar-refractivity contribution in [1.82, 2.24) is 9.21 Å². The van der Waals surface area contributed by atoms with Crippen LogP contribution in [0.4, 0.5) is 0 Å². The molecule has 11 heteroatoms. The number of sulfonamides is 1. The van der Waals surface area contributed by atoms with Gasteiger partial charge in [-0.25, -0.2) is 8.42 Å². The second-order valence-corrected chi connectivity index (χ2v) is 9.20.